The number of halogens is 2. The Hall–Kier alpha value is -2.23. The normalized spacial score (nSPS) is 21.2. The number of benzene rings is 2. The molecule has 0 N–H and O–H groups in total. The van der Waals surface area contributed by atoms with Crippen LogP contribution in [-0.4, -0.2) is 11.8 Å². The fourth-order valence-electron chi connectivity index (χ4n) is 2.57. The first-order valence-electron chi connectivity index (χ1n) is 6.41. The van der Waals surface area contributed by atoms with Crippen molar-refractivity contribution in [3.05, 3.63) is 66.2 Å². The molecule has 2 aromatic rings. The molecule has 20 heavy (non-hydrogen) atoms. The Bertz CT molecular complexity index is 613. The van der Waals surface area contributed by atoms with E-state index in [4.69, 9.17) is 0 Å². The summed E-state index contributed by atoms with van der Waals surface area (Å²) in [6.07, 6.45) is -0.481. The number of carbonyl (C=O) groups is 1. The highest BCUT2D eigenvalue weighted by Gasteiger charge is 2.54. The van der Waals surface area contributed by atoms with Crippen LogP contribution >= 0.6 is 0 Å². The van der Waals surface area contributed by atoms with Crippen LogP contribution in [0.1, 0.15) is 18.0 Å². The van der Waals surface area contributed by atoms with E-state index in [1.54, 1.807) is 54.6 Å². The Balaban J connectivity index is 2.06. The summed E-state index contributed by atoms with van der Waals surface area (Å²) in [5.74, 6) is -4.44. The molecule has 3 rings (SSSR count). The topological polar surface area (TPSA) is 20.3 Å². The molecule has 2 nitrogen and oxygen atoms in total. The predicted molar refractivity (Wildman–Crippen MR) is 72.7 cm³/mol. The van der Waals surface area contributed by atoms with Crippen molar-refractivity contribution in [3.8, 4) is 0 Å². The second-order valence-corrected chi connectivity index (χ2v) is 4.85. The number of hydrogen-bond acceptors (Lipinski definition) is 1. The molecular formula is C16H13F2NO. The maximum absolute atomic E-state index is 13.8. The summed E-state index contributed by atoms with van der Waals surface area (Å²) in [6.45, 7) is 0. The summed E-state index contributed by atoms with van der Waals surface area (Å²) >= 11 is 0. The lowest BCUT2D eigenvalue weighted by molar-refractivity contribution is -0.137. The van der Waals surface area contributed by atoms with Gasteiger partial charge in [-0.05, 0) is 17.7 Å². The molecule has 1 amide bonds. The van der Waals surface area contributed by atoms with E-state index in [0.717, 1.165) is 5.56 Å². The average Bonchev–Trinajstić information content (AvgIpc) is 2.72. The monoisotopic (exact) mass is 273 g/mol. The summed E-state index contributed by atoms with van der Waals surface area (Å²) in [5, 5.41) is 0. The van der Waals surface area contributed by atoms with Gasteiger partial charge in [0, 0.05) is 12.1 Å². The van der Waals surface area contributed by atoms with Crippen LogP contribution < -0.4 is 4.90 Å². The van der Waals surface area contributed by atoms with Crippen molar-refractivity contribution in [2.75, 3.05) is 4.90 Å². The lowest BCUT2D eigenvalue weighted by atomic mass is 10.0. The summed E-state index contributed by atoms with van der Waals surface area (Å²) in [4.78, 5) is 13.2. The van der Waals surface area contributed by atoms with E-state index in [1.165, 1.54) is 4.90 Å². The number of anilines is 1. The third-order valence-corrected chi connectivity index (χ3v) is 3.51. The second kappa shape index (κ2) is 4.71. The molecule has 2 aromatic carbocycles. The van der Waals surface area contributed by atoms with Gasteiger partial charge in [0.1, 0.15) is 0 Å². The van der Waals surface area contributed by atoms with Gasteiger partial charge in [0.2, 0.25) is 0 Å². The summed E-state index contributed by atoms with van der Waals surface area (Å²) in [5.41, 5.74) is 1.23. The molecule has 0 aromatic heterocycles. The van der Waals surface area contributed by atoms with Gasteiger partial charge in [0.05, 0.1) is 6.04 Å². The Morgan fingerprint density at radius 3 is 2.10 bits per heavy atom. The minimum Gasteiger partial charge on any atom is -0.299 e. The molecule has 0 bridgehead atoms. The maximum atomic E-state index is 13.8. The van der Waals surface area contributed by atoms with Gasteiger partial charge in [-0.2, -0.15) is 8.78 Å². The molecule has 1 aliphatic heterocycles. The molecule has 1 atom stereocenters. The number of nitrogens with zero attached hydrogens (tertiary/aromatic N) is 1. The van der Waals surface area contributed by atoms with E-state index in [-0.39, 0.29) is 0 Å². The lowest BCUT2D eigenvalue weighted by Crippen LogP contribution is -2.34. The third-order valence-electron chi connectivity index (χ3n) is 3.51. The Kier molecular flexibility index (Phi) is 3.01. The first kappa shape index (κ1) is 12.8. The highest BCUT2D eigenvalue weighted by Crippen LogP contribution is 2.44. The molecule has 1 unspecified atom stereocenters. The minimum atomic E-state index is -3.31. The highest BCUT2D eigenvalue weighted by molar-refractivity contribution is 6.01. The van der Waals surface area contributed by atoms with Gasteiger partial charge >= 0.3 is 5.92 Å². The summed E-state index contributed by atoms with van der Waals surface area (Å²) in [7, 11) is 0. The van der Waals surface area contributed by atoms with Gasteiger partial charge in [0.25, 0.3) is 5.91 Å². The molecule has 1 heterocycles. The van der Waals surface area contributed by atoms with Crippen molar-refractivity contribution in [1.29, 1.82) is 0 Å². The van der Waals surface area contributed by atoms with E-state index in [9.17, 15) is 13.6 Å². The van der Waals surface area contributed by atoms with E-state index in [0.29, 0.717) is 5.69 Å². The van der Waals surface area contributed by atoms with Crippen LogP contribution in [0.4, 0.5) is 14.5 Å². The fraction of sp³-hybridized carbons (Fsp3) is 0.188. The first-order valence-corrected chi connectivity index (χ1v) is 6.41. The number of para-hydroxylation sites is 1. The first-order chi connectivity index (χ1) is 9.59. The van der Waals surface area contributed by atoms with Crippen LogP contribution in [-0.2, 0) is 4.79 Å². The zero-order chi connectivity index (χ0) is 14.2. The number of hydrogen-bond donors (Lipinski definition) is 0. The second-order valence-electron chi connectivity index (χ2n) is 4.85. The smallest absolute Gasteiger partial charge is 0.299 e. The van der Waals surface area contributed by atoms with Crippen molar-refractivity contribution in [3.63, 3.8) is 0 Å². The van der Waals surface area contributed by atoms with Gasteiger partial charge in [-0.15, -0.1) is 0 Å². The summed E-state index contributed by atoms with van der Waals surface area (Å²) in [6, 6.07) is 16.9. The molecule has 0 spiro atoms. The van der Waals surface area contributed by atoms with Crippen LogP contribution in [0.15, 0.2) is 60.7 Å². The van der Waals surface area contributed by atoms with Crippen LogP contribution in [0.5, 0.6) is 0 Å². The molecule has 0 saturated carbocycles. The Morgan fingerprint density at radius 2 is 1.50 bits per heavy atom. The van der Waals surface area contributed by atoms with Crippen LogP contribution in [0.25, 0.3) is 0 Å². The molecule has 102 valence electrons. The highest BCUT2D eigenvalue weighted by atomic mass is 19.3. The van der Waals surface area contributed by atoms with Gasteiger partial charge < -0.3 is 0 Å². The lowest BCUT2D eigenvalue weighted by Gasteiger charge is -2.24. The minimum absolute atomic E-state index is 0.481. The van der Waals surface area contributed by atoms with Crippen molar-refractivity contribution < 1.29 is 13.6 Å². The zero-order valence-corrected chi connectivity index (χ0v) is 10.7. The van der Waals surface area contributed by atoms with E-state index < -0.39 is 24.3 Å². The van der Waals surface area contributed by atoms with E-state index in [2.05, 4.69) is 0 Å². The Morgan fingerprint density at radius 1 is 0.950 bits per heavy atom. The van der Waals surface area contributed by atoms with Crippen molar-refractivity contribution in [2.45, 2.75) is 18.4 Å². The van der Waals surface area contributed by atoms with Crippen LogP contribution in [0.3, 0.4) is 0 Å². The predicted octanol–water partition coefficient (Wildman–Crippen LogP) is 3.80. The fourth-order valence-corrected chi connectivity index (χ4v) is 2.57. The van der Waals surface area contributed by atoms with Crippen LogP contribution in [0.2, 0.25) is 0 Å². The van der Waals surface area contributed by atoms with Gasteiger partial charge in [-0.3, -0.25) is 9.69 Å². The van der Waals surface area contributed by atoms with E-state index in [1.807, 2.05) is 6.07 Å². The van der Waals surface area contributed by atoms with Gasteiger partial charge in [-0.1, -0.05) is 48.5 Å². The third kappa shape index (κ3) is 2.07. The molecule has 1 saturated heterocycles. The number of carbonyl (C=O) groups excluding carboxylic acids is 1. The molecule has 0 radical (unpaired) electrons. The quantitative estimate of drug-likeness (QED) is 0.815. The standard InChI is InChI=1S/C16H13F2NO/c17-16(18)11-14(12-7-3-1-4-8-12)19(15(16)20)13-9-5-2-6-10-13/h1-10,14H,11H2. The maximum Gasteiger partial charge on any atom is 0.327 e. The molecular weight excluding hydrogens is 260 g/mol. The summed E-state index contributed by atoms with van der Waals surface area (Å²) < 4.78 is 27.6. The molecule has 0 aliphatic carbocycles. The van der Waals surface area contributed by atoms with Crippen molar-refractivity contribution in [2.24, 2.45) is 0 Å². The van der Waals surface area contributed by atoms with Crippen LogP contribution in [0, 0.1) is 0 Å². The Labute approximate surface area is 115 Å². The average molecular weight is 273 g/mol. The molecule has 1 aliphatic rings. The largest absolute Gasteiger partial charge is 0.327 e. The number of alkyl halides is 2. The SMILES string of the molecule is O=C1N(c2ccccc2)C(c2ccccc2)CC1(F)F. The van der Waals surface area contributed by atoms with Gasteiger partial charge in [-0.25, -0.2) is 0 Å². The van der Waals surface area contributed by atoms with Gasteiger partial charge in [0.15, 0.2) is 0 Å². The number of rotatable bonds is 2. The van der Waals surface area contributed by atoms with Crippen molar-refractivity contribution in [1.82, 2.24) is 0 Å². The number of amides is 1. The van der Waals surface area contributed by atoms with E-state index >= 15 is 0 Å². The zero-order valence-electron chi connectivity index (χ0n) is 10.7. The molecule has 4 heteroatoms. The molecule has 1 fully saturated rings. The van der Waals surface area contributed by atoms with Crippen molar-refractivity contribution >= 4 is 11.6 Å².